The molecule has 0 saturated carbocycles. The second kappa shape index (κ2) is 8.97. The fourth-order valence-corrected chi connectivity index (χ4v) is 2.88. The molecule has 126 valence electrons. The van der Waals surface area contributed by atoms with Crippen LogP contribution in [0, 0.1) is 0 Å². The quantitative estimate of drug-likeness (QED) is 0.783. The van der Waals surface area contributed by atoms with Crippen LogP contribution in [0.1, 0.15) is 30.6 Å². The fourth-order valence-electron chi connectivity index (χ4n) is 1.74. The maximum Gasteiger partial charge on any atom is 0.253 e. The van der Waals surface area contributed by atoms with E-state index in [1.807, 2.05) is 6.92 Å². The Bertz CT molecular complexity index is 576. The normalized spacial score (nSPS) is 12.2. The number of hydrogen-bond donors (Lipinski definition) is 2. The number of carbonyl (C=O) groups is 1. The molecule has 1 unspecified atom stereocenters. The van der Waals surface area contributed by atoms with Gasteiger partial charge in [0.15, 0.2) is 0 Å². The number of nitrogens with two attached hydrogens (primary N) is 1. The minimum atomic E-state index is -3.31. The number of likely N-dealkylation sites (N-methyl/N-ethyl adjacent to an activating group) is 1. The van der Waals surface area contributed by atoms with E-state index in [0.29, 0.717) is 24.2 Å². The van der Waals surface area contributed by atoms with Crippen molar-refractivity contribution in [2.24, 2.45) is 5.73 Å². The average molecular weight is 350 g/mol. The van der Waals surface area contributed by atoms with E-state index in [1.54, 1.807) is 43.1 Å². The first-order valence-corrected chi connectivity index (χ1v) is 8.53. The molecule has 0 bridgehead atoms. The number of hydrogen-bond acceptors (Lipinski definition) is 4. The molecule has 0 spiro atoms. The number of nitrogens with one attached hydrogen (secondary N) is 1. The summed E-state index contributed by atoms with van der Waals surface area (Å²) in [5, 5.41) is 0. The summed E-state index contributed by atoms with van der Waals surface area (Å²) in [4.78, 5) is 13.7. The van der Waals surface area contributed by atoms with Gasteiger partial charge in [0.1, 0.15) is 0 Å². The van der Waals surface area contributed by atoms with Crippen molar-refractivity contribution in [1.29, 1.82) is 0 Å². The first-order chi connectivity index (χ1) is 9.80. The lowest BCUT2D eigenvalue weighted by Gasteiger charge is -2.23. The van der Waals surface area contributed by atoms with Crippen molar-refractivity contribution in [3.63, 3.8) is 0 Å². The second-order valence-electron chi connectivity index (χ2n) is 5.00. The first-order valence-electron chi connectivity index (χ1n) is 6.88. The van der Waals surface area contributed by atoms with Crippen molar-refractivity contribution < 1.29 is 13.2 Å². The van der Waals surface area contributed by atoms with Crippen LogP contribution in [0.5, 0.6) is 0 Å². The number of amides is 1. The molecule has 1 rings (SSSR count). The van der Waals surface area contributed by atoms with Crippen LogP contribution < -0.4 is 10.5 Å². The number of benzene rings is 1. The van der Waals surface area contributed by atoms with E-state index in [4.69, 9.17) is 5.73 Å². The lowest BCUT2D eigenvalue weighted by atomic mass is 10.1. The molecule has 0 aliphatic heterocycles. The molecule has 6 nitrogen and oxygen atoms in total. The third kappa shape index (κ3) is 5.82. The van der Waals surface area contributed by atoms with Crippen LogP contribution >= 0.6 is 12.4 Å². The highest BCUT2D eigenvalue weighted by atomic mass is 35.5. The van der Waals surface area contributed by atoms with Crippen LogP contribution in [-0.4, -0.2) is 44.6 Å². The Morgan fingerprint density at radius 2 is 1.86 bits per heavy atom. The molecule has 1 atom stereocenters. The summed E-state index contributed by atoms with van der Waals surface area (Å²) in [6.07, 6.45) is 0.549. The van der Waals surface area contributed by atoms with Crippen molar-refractivity contribution in [2.75, 3.05) is 24.1 Å². The number of nitrogens with zero attached hydrogens (tertiary/aromatic N) is 1. The zero-order valence-corrected chi connectivity index (χ0v) is 14.7. The van der Waals surface area contributed by atoms with Crippen molar-refractivity contribution in [1.82, 2.24) is 4.90 Å². The molecule has 0 fully saturated rings. The number of anilines is 1. The minimum Gasteiger partial charge on any atom is -0.338 e. The summed E-state index contributed by atoms with van der Waals surface area (Å²) < 4.78 is 25.8. The van der Waals surface area contributed by atoms with Gasteiger partial charge >= 0.3 is 0 Å². The van der Waals surface area contributed by atoms with Gasteiger partial charge in [-0.05, 0) is 37.6 Å². The van der Waals surface area contributed by atoms with Crippen LogP contribution in [0.15, 0.2) is 24.3 Å². The second-order valence-corrected chi connectivity index (χ2v) is 6.84. The zero-order chi connectivity index (χ0) is 16.0. The summed E-state index contributed by atoms with van der Waals surface area (Å²) in [5.41, 5.74) is 6.49. The van der Waals surface area contributed by atoms with E-state index in [1.165, 1.54) is 0 Å². The van der Waals surface area contributed by atoms with E-state index >= 15 is 0 Å². The summed E-state index contributed by atoms with van der Waals surface area (Å²) in [7, 11) is -1.62. The molecule has 0 saturated heterocycles. The maximum atomic E-state index is 12.2. The van der Waals surface area contributed by atoms with E-state index < -0.39 is 10.0 Å². The van der Waals surface area contributed by atoms with Gasteiger partial charge in [0.05, 0.1) is 5.75 Å². The highest BCUT2D eigenvalue weighted by Crippen LogP contribution is 2.14. The molecule has 22 heavy (non-hydrogen) atoms. The van der Waals surface area contributed by atoms with Gasteiger partial charge in [-0.25, -0.2) is 8.42 Å². The molecule has 8 heteroatoms. The summed E-state index contributed by atoms with van der Waals surface area (Å²) in [5.74, 6) is -0.0688. The van der Waals surface area contributed by atoms with Gasteiger partial charge in [-0.3, -0.25) is 9.52 Å². The lowest BCUT2D eigenvalue weighted by molar-refractivity contribution is 0.0748. The van der Waals surface area contributed by atoms with Crippen molar-refractivity contribution in [3.05, 3.63) is 29.8 Å². The zero-order valence-electron chi connectivity index (χ0n) is 13.1. The van der Waals surface area contributed by atoms with Crippen LogP contribution in [0.25, 0.3) is 0 Å². The Hall–Kier alpha value is -1.31. The number of carbonyl (C=O) groups excluding carboxylic acids is 1. The van der Waals surface area contributed by atoms with Crippen molar-refractivity contribution >= 4 is 34.0 Å². The Morgan fingerprint density at radius 3 is 2.32 bits per heavy atom. The average Bonchev–Trinajstić information content (AvgIpc) is 2.45. The predicted molar refractivity (Wildman–Crippen MR) is 92.0 cm³/mol. The summed E-state index contributed by atoms with van der Waals surface area (Å²) in [6, 6.07) is 6.32. The third-order valence-electron chi connectivity index (χ3n) is 3.20. The van der Waals surface area contributed by atoms with Crippen molar-refractivity contribution in [3.8, 4) is 0 Å². The van der Waals surface area contributed by atoms with Gasteiger partial charge in [0, 0.05) is 30.9 Å². The lowest BCUT2D eigenvalue weighted by Crippen LogP contribution is -2.39. The summed E-state index contributed by atoms with van der Waals surface area (Å²) >= 11 is 0. The van der Waals surface area contributed by atoms with Gasteiger partial charge in [0.25, 0.3) is 5.91 Å². The predicted octanol–water partition coefficient (Wildman–Crippen LogP) is 1.68. The largest absolute Gasteiger partial charge is 0.338 e. The number of sulfonamides is 1. The Balaban J connectivity index is 0.00000441. The Labute approximate surface area is 138 Å². The SMILES string of the molecule is CCCS(=O)(=O)Nc1ccc(C(=O)N(C)C(C)CN)cc1.Cl. The minimum absolute atomic E-state index is 0. The standard InChI is InChI=1S/C14H23N3O3S.ClH/c1-4-9-21(19,20)16-13-7-5-12(6-8-13)14(18)17(3)11(2)10-15;/h5-8,11,16H,4,9-10,15H2,1-3H3;1H. The van der Waals surface area contributed by atoms with Gasteiger partial charge in [0.2, 0.25) is 10.0 Å². The maximum absolute atomic E-state index is 12.2. The van der Waals surface area contributed by atoms with E-state index in [9.17, 15) is 13.2 Å². The van der Waals surface area contributed by atoms with E-state index in [2.05, 4.69) is 4.72 Å². The van der Waals surface area contributed by atoms with Gasteiger partial charge in [-0.15, -0.1) is 12.4 Å². The van der Waals surface area contributed by atoms with Crippen LogP contribution in [0.3, 0.4) is 0 Å². The molecule has 0 aliphatic rings. The molecule has 0 heterocycles. The molecule has 0 aromatic heterocycles. The Morgan fingerprint density at radius 1 is 1.32 bits per heavy atom. The molecule has 0 radical (unpaired) electrons. The molecule has 1 aromatic rings. The molecule has 0 aliphatic carbocycles. The van der Waals surface area contributed by atoms with Gasteiger partial charge in [-0.2, -0.15) is 0 Å². The van der Waals surface area contributed by atoms with Crippen LogP contribution in [0.4, 0.5) is 5.69 Å². The topological polar surface area (TPSA) is 92.5 Å². The number of rotatable bonds is 7. The van der Waals surface area contributed by atoms with Gasteiger partial charge in [-0.1, -0.05) is 6.92 Å². The first kappa shape index (κ1) is 20.7. The van der Waals surface area contributed by atoms with Crippen molar-refractivity contribution in [2.45, 2.75) is 26.3 Å². The highest BCUT2D eigenvalue weighted by molar-refractivity contribution is 7.92. The molecular formula is C14H24ClN3O3S. The highest BCUT2D eigenvalue weighted by Gasteiger charge is 2.16. The smallest absolute Gasteiger partial charge is 0.253 e. The van der Waals surface area contributed by atoms with Crippen LogP contribution in [0.2, 0.25) is 0 Å². The monoisotopic (exact) mass is 349 g/mol. The van der Waals surface area contributed by atoms with E-state index in [0.717, 1.165) is 0 Å². The van der Waals surface area contributed by atoms with Crippen LogP contribution in [-0.2, 0) is 10.0 Å². The number of halogens is 1. The molecule has 3 N–H and O–H groups in total. The third-order valence-corrected chi connectivity index (χ3v) is 4.69. The van der Waals surface area contributed by atoms with Gasteiger partial charge < -0.3 is 10.6 Å². The summed E-state index contributed by atoms with van der Waals surface area (Å²) in [6.45, 7) is 4.05. The molecule has 1 aromatic carbocycles. The molecular weight excluding hydrogens is 326 g/mol. The Kier molecular flexibility index (Phi) is 8.44. The fraction of sp³-hybridized carbons (Fsp3) is 0.500. The van der Waals surface area contributed by atoms with E-state index in [-0.39, 0.29) is 30.1 Å². The molecule has 1 amide bonds.